The van der Waals surface area contributed by atoms with Crippen LogP contribution in [0.25, 0.3) is 0 Å². The van der Waals surface area contributed by atoms with Crippen molar-refractivity contribution in [3.05, 3.63) is 0 Å². The lowest BCUT2D eigenvalue weighted by Crippen LogP contribution is -2.27. The van der Waals surface area contributed by atoms with E-state index in [1.165, 1.54) is 0 Å². The summed E-state index contributed by atoms with van der Waals surface area (Å²) in [6, 6.07) is 0. The van der Waals surface area contributed by atoms with E-state index < -0.39 is 5.60 Å². The van der Waals surface area contributed by atoms with Gasteiger partial charge in [-0.25, -0.2) is 10.7 Å². The van der Waals surface area contributed by atoms with E-state index in [0.717, 1.165) is 0 Å². The van der Waals surface area contributed by atoms with E-state index in [1.807, 2.05) is 20.8 Å². The van der Waals surface area contributed by atoms with Crippen LogP contribution in [0.5, 0.6) is 0 Å². The van der Waals surface area contributed by atoms with Crippen LogP contribution in [0, 0.1) is 0 Å². The van der Waals surface area contributed by atoms with Crippen molar-refractivity contribution in [3.63, 3.8) is 0 Å². The van der Waals surface area contributed by atoms with Crippen LogP contribution >= 0.6 is 0 Å². The van der Waals surface area contributed by atoms with E-state index in [-0.39, 0.29) is 12.6 Å². The molecule has 0 aromatic rings. The molecule has 0 saturated carbocycles. The van der Waals surface area contributed by atoms with Crippen LogP contribution in [0.15, 0.2) is 0 Å². The quantitative estimate of drug-likeness (QED) is 0.330. The van der Waals surface area contributed by atoms with Crippen molar-refractivity contribution in [2.45, 2.75) is 26.4 Å². The van der Waals surface area contributed by atoms with Gasteiger partial charge < -0.3 is 23.8 Å². The lowest BCUT2D eigenvalue weighted by Gasteiger charge is -2.19. The molecule has 19 heavy (non-hydrogen) atoms. The van der Waals surface area contributed by atoms with Gasteiger partial charge in [-0.15, -0.1) is 0 Å². The summed E-state index contributed by atoms with van der Waals surface area (Å²) >= 11 is 0. The number of hydrogen-bond donors (Lipinski definition) is 1. The Bertz CT molecular complexity index is 229. The maximum atomic E-state index is 11.3. The SMILES string of the molecule is CC(C)(C)OC(=O)COCCOCCOCCON. The normalized spacial score (nSPS) is 11.6. The zero-order chi connectivity index (χ0) is 14.6. The molecule has 2 N–H and O–H groups in total. The van der Waals surface area contributed by atoms with Gasteiger partial charge in [0.05, 0.1) is 39.6 Å². The number of carbonyl (C=O) groups excluding carboxylic acids is 1. The number of ether oxygens (including phenoxy) is 4. The van der Waals surface area contributed by atoms with Crippen molar-refractivity contribution in [1.29, 1.82) is 0 Å². The summed E-state index contributed by atoms with van der Waals surface area (Å²) in [6.45, 7) is 7.83. The Balaban J connectivity index is 3.21. The number of rotatable bonds is 11. The molecule has 0 spiro atoms. The van der Waals surface area contributed by atoms with Crippen molar-refractivity contribution in [3.8, 4) is 0 Å². The lowest BCUT2D eigenvalue weighted by molar-refractivity contribution is -0.160. The molecule has 0 aliphatic carbocycles. The second-order valence-electron chi connectivity index (χ2n) is 4.73. The third kappa shape index (κ3) is 15.2. The van der Waals surface area contributed by atoms with Crippen LogP contribution in [0.4, 0.5) is 0 Å². The topological polar surface area (TPSA) is 89.2 Å². The summed E-state index contributed by atoms with van der Waals surface area (Å²) in [5.74, 6) is 4.44. The zero-order valence-electron chi connectivity index (χ0n) is 12.0. The first-order chi connectivity index (χ1) is 8.95. The highest BCUT2D eigenvalue weighted by Crippen LogP contribution is 2.06. The monoisotopic (exact) mass is 279 g/mol. The minimum absolute atomic E-state index is 0.0645. The van der Waals surface area contributed by atoms with Crippen LogP contribution in [-0.2, 0) is 28.6 Å². The molecule has 0 amide bonds. The molecular weight excluding hydrogens is 254 g/mol. The van der Waals surface area contributed by atoms with E-state index in [4.69, 9.17) is 24.8 Å². The molecule has 0 atom stereocenters. The van der Waals surface area contributed by atoms with Gasteiger partial charge in [-0.05, 0) is 20.8 Å². The van der Waals surface area contributed by atoms with Gasteiger partial charge in [-0.2, -0.15) is 0 Å². The maximum absolute atomic E-state index is 11.3. The van der Waals surface area contributed by atoms with Crippen LogP contribution < -0.4 is 5.90 Å². The molecule has 114 valence electrons. The van der Waals surface area contributed by atoms with Gasteiger partial charge in [-0.3, -0.25) is 0 Å². The fourth-order valence-electron chi connectivity index (χ4n) is 1.07. The van der Waals surface area contributed by atoms with Crippen molar-refractivity contribution in [1.82, 2.24) is 0 Å². The molecule has 0 unspecified atom stereocenters. The van der Waals surface area contributed by atoms with Gasteiger partial charge in [-0.1, -0.05) is 0 Å². The van der Waals surface area contributed by atoms with E-state index in [9.17, 15) is 4.79 Å². The van der Waals surface area contributed by atoms with Crippen molar-refractivity contribution < 1.29 is 28.6 Å². The summed E-state index contributed by atoms with van der Waals surface area (Å²) < 4.78 is 20.5. The first-order valence-electron chi connectivity index (χ1n) is 6.22. The van der Waals surface area contributed by atoms with E-state index in [0.29, 0.717) is 39.6 Å². The minimum atomic E-state index is -0.485. The molecule has 0 heterocycles. The molecule has 0 radical (unpaired) electrons. The van der Waals surface area contributed by atoms with E-state index >= 15 is 0 Å². The Kier molecular flexibility index (Phi) is 10.7. The number of carbonyl (C=O) groups is 1. The molecule has 0 aliphatic rings. The minimum Gasteiger partial charge on any atom is -0.458 e. The fraction of sp³-hybridized carbons (Fsp3) is 0.917. The van der Waals surface area contributed by atoms with Crippen LogP contribution in [0.1, 0.15) is 20.8 Å². The molecule has 0 saturated heterocycles. The van der Waals surface area contributed by atoms with Crippen LogP contribution in [0.3, 0.4) is 0 Å². The Morgan fingerprint density at radius 2 is 1.37 bits per heavy atom. The Labute approximate surface area is 114 Å². The molecule has 0 bridgehead atoms. The number of hydrogen-bond acceptors (Lipinski definition) is 7. The molecule has 7 nitrogen and oxygen atoms in total. The highest BCUT2D eigenvalue weighted by atomic mass is 16.6. The lowest BCUT2D eigenvalue weighted by atomic mass is 10.2. The Hall–Kier alpha value is -0.730. The molecule has 7 heteroatoms. The predicted octanol–water partition coefficient (Wildman–Crippen LogP) is 0.268. The van der Waals surface area contributed by atoms with Gasteiger partial charge in [0.2, 0.25) is 0 Å². The molecule has 0 aromatic carbocycles. The maximum Gasteiger partial charge on any atom is 0.332 e. The molecule has 0 rings (SSSR count). The van der Waals surface area contributed by atoms with Gasteiger partial charge >= 0.3 is 5.97 Å². The third-order valence-corrected chi connectivity index (χ3v) is 1.73. The van der Waals surface area contributed by atoms with Crippen LogP contribution in [-0.4, -0.2) is 57.8 Å². The van der Waals surface area contributed by atoms with Crippen LogP contribution in [0.2, 0.25) is 0 Å². The average molecular weight is 279 g/mol. The van der Waals surface area contributed by atoms with Gasteiger partial charge in [0, 0.05) is 0 Å². The fourth-order valence-corrected chi connectivity index (χ4v) is 1.07. The van der Waals surface area contributed by atoms with Gasteiger partial charge in [0.25, 0.3) is 0 Å². The second kappa shape index (κ2) is 11.1. The largest absolute Gasteiger partial charge is 0.458 e. The highest BCUT2D eigenvalue weighted by molar-refractivity contribution is 5.71. The number of nitrogens with two attached hydrogens (primary N) is 1. The summed E-state index contributed by atoms with van der Waals surface area (Å²) in [4.78, 5) is 15.6. The number of esters is 1. The van der Waals surface area contributed by atoms with Gasteiger partial charge in [0.1, 0.15) is 12.2 Å². The van der Waals surface area contributed by atoms with E-state index in [1.54, 1.807) is 0 Å². The Morgan fingerprint density at radius 1 is 0.895 bits per heavy atom. The smallest absolute Gasteiger partial charge is 0.332 e. The summed E-state index contributed by atoms with van der Waals surface area (Å²) in [5, 5.41) is 0. The van der Waals surface area contributed by atoms with Crippen molar-refractivity contribution in [2.75, 3.05) is 46.2 Å². The standard InChI is InChI=1S/C12H25NO6/c1-12(2,3)19-11(14)10-17-7-6-15-4-5-16-8-9-18-13/h4-10,13H2,1-3H3. The average Bonchev–Trinajstić information content (AvgIpc) is 2.29. The predicted molar refractivity (Wildman–Crippen MR) is 68.4 cm³/mol. The molecular formula is C12H25NO6. The van der Waals surface area contributed by atoms with E-state index in [2.05, 4.69) is 4.84 Å². The van der Waals surface area contributed by atoms with Crippen molar-refractivity contribution in [2.24, 2.45) is 5.90 Å². The zero-order valence-corrected chi connectivity index (χ0v) is 12.0. The Morgan fingerprint density at radius 3 is 1.84 bits per heavy atom. The highest BCUT2D eigenvalue weighted by Gasteiger charge is 2.15. The second-order valence-corrected chi connectivity index (χ2v) is 4.73. The molecule has 0 aromatic heterocycles. The summed E-state index contributed by atoms with van der Waals surface area (Å²) in [7, 11) is 0. The first-order valence-corrected chi connectivity index (χ1v) is 6.22. The molecule has 0 fully saturated rings. The van der Waals surface area contributed by atoms with Crippen molar-refractivity contribution >= 4 is 5.97 Å². The third-order valence-electron chi connectivity index (χ3n) is 1.73. The summed E-state index contributed by atoms with van der Waals surface area (Å²) in [6.07, 6.45) is 0. The summed E-state index contributed by atoms with van der Waals surface area (Å²) in [5.41, 5.74) is -0.485. The van der Waals surface area contributed by atoms with Gasteiger partial charge in [0.15, 0.2) is 0 Å². The molecule has 0 aliphatic heterocycles. The first kappa shape index (κ1) is 18.3.